The molecule has 226 valence electrons. The fraction of sp³-hybridized carbons (Fsp3) is 0.130. The third-order valence-electron chi connectivity index (χ3n) is 5.27. The van der Waals surface area contributed by atoms with Crippen LogP contribution < -0.4 is 24.8 Å². The van der Waals surface area contributed by atoms with Crippen LogP contribution in [0.5, 0.6) is 18.0 Å². The first-order valence-corrected chi connectivity index (χ1v) is 14.8. The molecule has 0 aliphatic carbocycles. The Morgan fingerprint density at radius 1 is 0.651 bits per heavy atom. The first-order valence-electron chi connectivity index (χ1n) is 11.5. The molecule has 0 saturated carbocycles. The Hall–Kier alpha value is -4.69. The van der Waals surface area contributed by atoms with Crippen molar-refractivity contribution in [3.05, 3.63) is 52.8 Å². The molecule has 43 heavy (non-hydrogen) atoms. The Balaban J connectivity index is 1.68. The number of hydrogen-bond acceptors (Lipinski definition) is 15. The number of halogens is 1. The van der Waals surface area contributed by atoms with Gasteiger partial charge in [-0.1, -0.05) is 24.3 Å². The third kappa shape index (κ3) is 7.99. The fourth-order valence-electron chi connectivity index (χ4n) is 3.44. The molecule has 2 heterocycles. The van der Waals surface area contributed by atoms with Gasteiger partial charge in [-0.15, -0.1) is 4.98 Å². The van der Waals surface area contributed by atoms with Crippen molar-refractivity contribution in [1.82, 2.24) is 29.9 Å². The number of anilines is 4. The number of nitrogens with one attached hydrogen (secondary N) is 2. The molecule has 0 spiro atoms. The highest BCUT2D eigenvalue weighted by Crippen LogP contribution is 2.28. The highest BCUT2D eigenvalue weighted by atomic mass is 35.5. The largest absolute Gasteiger partial charge is 0.467 e. The van der Waals surface area contributed by atoms with Crippen molar-refractivity contribution in [1.29, 1.82) is 0 Å². The Kier molecular flexibility index (Phi) is 9.21. The summed E-state index contributed by atoms with van der Waals surface area (Å²) in [4.78, 5) is 22.3. The summed E-state index contributed by atoms with van der Waals surface area (Å²) in [5, 5.41) is 5.30. The minimum Gasteiger partial charge on any atom is -0.467 e. The minimum absolute atomic E-state index is 0.0192. The van der Waals surface area contributed by atoms with Crippen LogP contribution in [0.2, 0.25) is 5.28 Å². The molecule has 0 amide bonds. The number of ether oxygens (including phenoxy) is 3. The van der Waals surface area contributed by atoms with Gasteiger partial charge in [0.05, 0.1) is 21.3 Å². The number of hydrogen-bond donors (Lipinski definition) is 4. The SMILES string of the molecule is COc1nc(Cl)nc(Nc2ccc(/C=C/c3ccc(Nc4nc(OC)nc(OC)n4)cc3S(=O)(=O)O)c(S(=O)(=O)O)c2)n1. The molecular weight excluding hydrogens is 632 g/mol. The lowest BCUT2D eigenvalue weighted by atomic mass is 10.1. The van der Waals surface area contributed by atoms with Crippen molar-refractivity contribution < 1.29 is 40.2 Å². The summed E-state index contributed by atoms with van der Waals surface area (Å²) in [5.74, 6) is -0.111. The number of aromatic nitrogens is 6. The van der Waals surface area contributed by atoms with E-state index in [0.717, 1.165) is 12.1 Å². The second-order valence-electron chi connectivity index (χ2n) is 8.09. The molecule has 0 atom stereocenters. The average molecular weight is 653 g/mol. The molecule has 4 rings (SSSR count). The molecule has 4 aromatic rings. The molecule has 4 N–H and O–H groups in total. The van der Waals surface area contributed by atoms with E-state index in [9.17, 15) is 25.9 Å². The summed E-state index contributed by atoms with van der Waals surface area (Å²) < 4.78 is 83.5. The third-order valence-corrected chi connectivity index (χ3v) is 7.26. The summed E-state index contributed by atoms with van der Waals surface area (Å²) in [5.41, 5.74) is 0.264. The van der Waals surface area contributed by atoms with Crippen molar-refractivity contribution in [2.45, 2.75) is 9.79 Å². The minimum atomic E-state index is -4.78. The van der Waals surface area contributed by atoms with E-state index in [2.05, 4.69) is 40.5 Å². The highest BCUT2D eigenvalue weighted by Gasteiger charge is 2.19. The average Bonchev–Trinajstić information content (AvgIpc) is 2.95. The molecule has 0 bridgehead atoms. The van der Waals surface area contributed by atoms with Crippen LogP contribution in [-0.4, -0.2) is 77.2 Å². The van der Waals surface area contributed by atoms with Gasteiger partial charge in [0.15, 0.2) is 0 Å². The summed E-state index contributed by atoms with van der Waals surface area (Å²) >= 11 is 5.83. The lowest BCUT2D eigenvalue weighted by Crippen LogP contribution is -2.06. The van der Waals surface area contributed by atoms with E-state index in [1.807, 2.05) is 0 Å². The van der Waals surface area contributed by atoms with Crippen LogP contribution in [0.1, 0.15) is 11.1 Å². The van der Waals surface area contributed by atoms with E-state index in [1.54, 1.807) is 0 Å². The van der Waals surface area contributed by atoms with Gasteiger partial charge in [-0.3, -0.25) is 9.11 Å². The Morgan fingerprint density at radius 2 is 1.05 bits per heavy atom. The standard InChI is InChI=1S/C23H21ClN8O9S2/c1-39-21-28-18(24)27-19(29-21)25-14-8-6-12(16(10-14)42(33,34)35)4-5-13-7-9-15(11-17(13)43(36,37)38)26-20-30-22(40-2)32-23(31-20)41-3/h4-11H,1-3H3,(H,33,34,35)(H,36,37,38)(H,25,27,28,29)(H,26,30,31,32)/b5-4+. The van der Waals surface area contributed by atoms with E-state index in [1.165, 1.54) is 57.7 Å². The second kappa shape index (κ2) is 12.7. The molecule has 0 aliphatic rings. The van der Waals surface area contributed by atoms with Crippen LogP contribution >= 0.6 is 11.6 Å². The molecule has 0 aliphatic heterocycles. The number of rotatable bonds is 11. The molecule has 0 unspecified atom stereocenters. The van der Waals surface area contributed by atoms with E-state index in [-0.39, 0.29) is 57.7 Å². The zero-order valence-corrected chi connectivity index (χ0v) is 24.6. The molecule has 20 heteroatoms. The van der Waals surface area contributed by atoms with E-state index in [0.29, 0.717) is 0 Å². The van der Waals surface area contributed by atoms with Crippen molar-refractivity contribution in [3.63, 3.8) is 0 Å². The van der Waals surface area contributed by atoms with Crippen molar-refractivity contribution in [2.75, 3.05) is 32.0 Å². The van der Waals surface area contributed by atoms with Crippen LogP contribution in [0.25, 0.3) is 12.2 Å². The molecule has 0 radical (unpaired) electrons. The Labute approximate surface area is 249 Å². The first-order chi connectivity index (χ1) is 20.3. The van der Waals surface area contributed by atoms with Crippen LogP contribution in [0.4, 0.5) is 23.3 Å². The second-order valence-corrected chi connectivity index (χ2v) is 11.2. The summed E-state index contributed by atoms with van der Waals surface area (Å²) in [7, 11) is -5.58. The van der Waals surface area contributed by atoms with Crippen molar-refractivity contribution in [2.24, 2.45) is 0 Å². The van der Waals surface area contributed by atoms with Crippen molar-refractivity contribution >= 4 is 67.3 Å². The smallest absolute Gasteiger partial charge is 0.324 e. The monoisotopic (exact) mass is 652 g/mol. The number of benzene rings is 2. The van der Waals surface area contributed by atoms with Crippen LogP contribution in [0.15, 0.2) is 46.2 Å². The molecular formula is C23H21ClN8O9S2. The van der Waals surface area contributed by atoms with E-state index in [4.69, 9.17) is 25.8 Å². The zero-order valence-electron chi connectivity index (χ0n) is 22.2. The predicted molar refractivity (Wildman–Crippen MR) is 152 cm³/mol. The van der Waals surface area contributed by atoms with Gasteiger partial charge in [0.1, 0.15) is 9.79 Å². The lowest BCUT2D eigenvalue weighted by molar-refractivity contribution is 0.341. The van der Waals surface area contributed by atoms with Crippen LogP contribution in [0, 0.1) is 0 Å². The Bertz CT molecular complexity index is 1900. The summed E-state index contributed by atoms with van der Waals surface area (Å²) in [6.07, 6.45) is 2.46. The topological polar surface area (TPSA) is 238 Å². The van der Waals surface area contributed by atoms with Gasteiger partial charge < -0.3 is 24.8 Å². The van der Waals surface area contributed by atoms with E-state index < -0.39 is 30.0 Å². The fourth-order valence-corrected chi connectivity index (χ4v) is 5.01. The lowest BCUT2D eigenvalue weighted by Gasteiger charge is -2.11. The number of methoxy groups -OCH3 is 3. The van der Waals surface area contributed by atoms with Gasteiger partial charge in [-0.25, -0.2) is 0 Å². The van der Waals surface area contributed by atoms with Gasteiger partial charge >= 0.3 is 18.0 Å². The van der Waals surface area contributed by atoms with Gasteiger partial charge in [0.25, 0.3) is 20.2 Å². The maximum atomic E-state index is 12.2. The molecule has 0 saturated heterocycles. The quantitative estimate of drug-likeness (QED) is 0.134. The summed E-state index contributed by atoms with van der Waals surface area (Å²) in [6, 6.07) is 7.49. The van der Waals surface area contributed by atoms with Crippen LogP contribution in [-0.2, 0) is 20.2 Å². The van der Waals surface area contributed by atoms with Gasteiger partial charge in [-0.05, 0) is 47.0 Å². The Morgan fingerprint density at radius 3 is 1.44 bits per heavy atom. The highest BCUT2D eigenvalue weighted by molar-refractivity contribution is 7.86. The van der Waals surface area contributed by atoms with E-state index >= 15 is 0 Å². The normalized spacial score (nSPS) is 11.8. The first kappa shape index (κ1) is 31.3. The van der Waals surface area contributed by atoms with Crippen LogP contribution in [0.3, 0.4) is 0 Å². The van der Waals surface area contributed by atoms with Crippen molar-refractivity contribution in [3.8, 4) is 18.0 Å². The molecule has 17 nitrogen and oxygen atoms in total. The zero-order chi connectivity index (χ0) is 31.4. The molecule has 2 aromatic heterocycles. The van der Waals surface area contributed by atoms with Gasteiger partial charge in [0, 0.05) is 11.4 Å². The molecule has 0 fully saturated rings. The maximum absolute atomic E-state index is 12.2. The summed E-state index contributed by atoms with van der Waals surface area (Å²) in [6.45, 7) is 0. The molecule has 2 aromatic carbocycles. The maximum Gasteiger partial charge on any atom is 0.324 e. The predicted octanol–water partition coefficient (Wildman–Crippen LogP) is 2.89. The van der Waals surface area contributed by atoms with Gasteiger partial charge in [0.2, 0.25) is 17.2 Å². The number of nitrogens with zero attached hydrogens (tertiary/aromatic N) is 6. The van der Waals surface area contributed by atoms with Gasteiger partial charge in [-0.2, -0.15) is 41.8 Å².